The average molecular weight is 486 g/mol. The van der Waals surface area contributed by atoms with Crippen molar-refractivity contribution in [1.29, 1.82) is 0 Å². The first-order valence-corrected chi connectivity index (χ1v) is 12.9. The van der Waals surface area contributed by atoms with Gasteiger partial charge in [0, 0.05) is 34.8 Å². The van der Waals surface area contributed by atoms with Crippen molar-refractivity contribution in [1.82, 2.24) is 4.72 Å². The molecule has 0 radical (unpaired) electrons. The molecule has 0 aliphatic heterocycles. The van der Waals surface area contributed by atoms with Crippen LogP contribution in [0.5, 0.6) is 0 Å². The number of carbonyl (C=O) groups excluding carboxylic acids is 2. The van der Waals surface area contributed by atoms with Crippen LogP contribution in [0.1, 0.15) is 35.5 Å². The molecule has 3 N–H and O–H groups in total. The van der Waals surface area contributed by atoms with Crippen molar-refractivity contribution in [3.05, 3.63) is 76.5 Å². The van der Waals surface area contributed by atoms with E-state index >= 15 is 0 Å². The Kier molecular flexibility index (Phi) is 8.37. The van der Waals surface area contributed by atoms with Gasteiger partial charge in [-0.15, -0.1) is 11.3 Å². The lowest BCUT2D eigenvalue weighted by molar-refractivity contribution is -0.116. The van der Waals surface area contributed by atoms with E-state index in [4.69, 9.17) is 0 Å². The molecule has 0 saturated heterocycles. The number of hydrogen-bond donors (Lipinski definition) is 3. The van der Waals surface area contributed by atoms with Gasteiger partial charge in [-0.25, -0.2) is 13.1 Å². The van der Waals surface area contributed by atoms with Gasteiger partial charge in [0.05, 0.1) is 4.90 Å². The number of rotatable bonds is 10. The number of thiophene rings is 1. The standard InChI is InChI=1S/C24H27N3O4S2/c1-17(2)16-23(28)26-19-7-9-20(10-8-19)27-24(29)18-5-11-22(12-6-18)33(30,31)25-14-13-21-4-3-15-32-21/h3-12,15,17,25H,13-14,16H2,1-2H3,(H,26,28)(H,27,29). The first-order chi connectivity index (χ1) is 15.7. The predicted octanol–water partition coefficient (Wildman–Crippen LogP) is 4.51. The zero-order valence-electron chi connectivity index (χ0n) is 18.5. The highest BCUT2D eigenvalue weighted by Crippen LogP contribution is 2.17. The van der Waals surface area contributed by atoms with Crippen molar-refractivity contribution in [2.45, 2.75) is 31.6 Å². The number of carbonyl (C=O) groups is 2. The summed E-state index contributed by atoms with van der Waals surface area (Å²) in [5, 5.41) is 7.53. The van der Waals surface area contributed by atoms with E-state index < -0.39 is 10.0 Å². The third-order valence-electron chi connectivity index (χ3n) is 4.69. The van der Waals surface area contributed by atoms with E-state index in [1.165, 1.54) is 24.3 Å². The third kappa shape index (κ3) is 7.52. The van der Waals surface area contributed by atoms with Crippen LogP contribution in [0.15, 0.2) is 70.9 Å². The number of sulfonamides is 1. The smallest absolute Gasteiger partial charge is 0.255 e. The fourth-order valence-corrected chi connectivity index (χ4v) is 4.80. The Morgan fingerprint density at radius 1 is 0.909 bits per heavy atom. The van der Waals surface area contributed by atoms with Gasteiger partial charge in [0.1, 0.15) is 0 Å². The zero-order chi connectivity index (χ0) is 23.8. The Morgan fingerprint density at radius 3 is 2.12 bits per heavy atom. The third-order valence-corrected chi connectivity index (χ3v) is 7.10. The molecule has 0 aliphatic rings. The Morgan fingerprint density at radius 2 is 1.55 bits per heavy atom. The Balaban J connectivity index is 1.54. The maximum atomic E-state index is 12.5. The minimum atomic E-state index is -3.65. The van der Waals surface area contributed by atoms with Gasteiger partial charge in [0.25, 0.3) is 5.91 Å². The molecule has 3 aromatic rings. The van der Waals surface area contributed by atoms with Crippen LogP contribution in [0.25, 0.3) is 0 Å². The quantitative estimate of drug-likeness (QED) is 0.393. The van der Waals surface area contributed by atoms with E-state index in [9.17, 15) is 18.0 Å². The molecular weight excluding hydrogens is 458 g/mol. The van der Waals surface area contributed by atoms with Gasteiger partial charge in [0.15, 0.2) is 0 Å². The molecule has 1 aromatic heterocycles. The summed E-state index contributed by atoms with van der Waals surface area (Å²) in [7, 11) is -3.65. The van der Waals surface area contributed by atoms with Crippen LogP contribution in [-0.4, -0.2) is 26.8 Å². The second-order valence-electron chi connectivity index (χ2n) is 7.93. The predicted molar refractivity (Wildman–Crippen MR) is 132 cm³/mol. The molecule has 33 heavy (non-hydrogen) atoms. The van der Waals surface area contributed by atoms with Gasteiger partial charge in [0.2, 0.25) is 15.9 Å². The lowest BCUT2D eigenvalue weighted by Crippen LogP contribution is -2.26. The number of nitrogens with one attached hydrogen (secondary N) is 3. The van der Waals surface area contributed by atoms with Crippen molar-refractivity contribution < 1.29 is 18.0 Å². The Labute approximate surface area is 198 Å². The molecule has 0 atom stereocenters. The highest BCUT2D eigenvalue weighted by molar-refractivity contribution is 7.89. The average Bonchev–Trinajstić information content (AvgIpc) is 3.28. The Bertz CT molecular complexity index is 1170. The van der Waals surface area contributed by atoms with Gasteiger partial charge in [-0.05, 0) is 72.3 Å². The molecule has 9 heteroatoms. The molecule has 0 bridgehead atoms. The fourth-order valence-electron chi connectivity index (χ4n) is 3.06. The van der Waals surface area contributed by atoms with Crippen LogP contribution >= 0.6 is 11.3 Å². The van der Waals surface area contributed by atoms with E-state index in [1.54, 1.807) is 35.6 Å². The maximum Gasteiger partial charge on any atom is 0.255 e. The van der Waals surface area contributed by atoms with Gasteiger partial charge >= 0.3 is 0 Å². The van der Waals surface area contributed by atoms with Crippen molar-refractivity contribution in [2.24, 2.45) is 5.92 Å². The molecule has 0 spiro atoms. The second-order valence-corrected chi connectivity index (χ2v) is 10.7. The number of benzene rings is 2. The molecule has 0 fully saturated rings. The highest BCUT2D eigenvalue weighted by atomic mass is 32.2. The maximum absolute atomic E-state index is 12.5. The summed E-state index contributed by atoms with van der Waals surface area (Å²) in [6, 6.07) is 16.5. The molecule has 7 nitrogen and oxygen atoms in total. The highest BCUT2D eigenvalue weighted by Gasteiger charge is 2.15. The van der Waals surface area contributed by atoms with Crippen LogP contribution in [0.2, 0.25) is 0 Å². The summed E-state index contributed by atoms with van der Waals surface area (Å²) in [4.78, 5) is 25.6. The van der Waals surface area contributed by atoms with E-state index in [-0.39, 0.29) is 22.6 Å². The molecule has 0 unspecified atom stereocenters. The minimum absolute atomic E-state index is 0.0576. The van der Waals surface area contributed by atoms with Gasteiger partial charge in [-0.1, -0.05) is 19.9 Å². The van der Waals surface area contributed by atoms with Crippen molar-refractivity contribution in [3.63, 3.8) is 0 Å². The fraction of sp³-hybridized carbons (Fsp3) is 0.250. The topological polar surface area (TPSA) is 104 Å². The normalized spacial score (nSPS) is 11.4. The van der Waals surface area contributed by atoms with Crippen LogP contribution in [0.4, 0.5) is 11.4 Å². The number of anilines is 2. The van der Waals surface area contributed by atoms with Crippen molar-refractivity contribution in [2.75, 3.05) is 17.2 Å². The van der Waals surface area contributed by atoms with Crippen LogP contribution < -0.4 is 15.4 Å². The summed E-state index contributed by atoms with van der Waals surface area (Å²) in [6.07, 6.45) is 1.06. The first kappa shape index (κ1) is 24.6. The summed E-state index contributed by atoms with van der Waals surface area (Å²) in [6.45, 7) is 4.26. The summed E-state index contributed by atoms with van der Waals surface area (Å²) >= 11 is 1.58. The SMILES string of the molecule is CC(C)CC(=O)Nc1ccc(NC(=O)c2ccc(S(=O)(=O)NCCc3cccs3)cc2)cc1. The molecule has 0 saturated carbocycles. The van der Waals surface area contributed by atoms with Gasteiger partial charge in [-0.2, -0.15) is 0 Å². The number of hydrogen-bond acceptors (Lipinski definition) is 5. The van der Waals surface area contributed by atoms with Crippen LogP contribution in [0.3, 0.4) is 0 Å². The largest absolute Gasteiger partial charge is 0.326 e. The Hall–Kier alpha value is -3.01. The van der Waals surface area contributed by atoms with Gasteiger partial charge < -0.3 is 10.6 Å². The molecular formula is C24H27N3O4S2. The van der Waals surface area contributed by atoms with Crippen molar-refractivity contribution in [3.8, 4) is 0 Å². The molecule has 2 aromatic carbocycles. The number of amides is 2. The lowest BCUT2D eigenvalue weighted by atomic mass is 10.1. The van der Waals surface area contributed by atoms with Crippen molar-refractivity contribution >= 4 is 44.5 Å². The van der Waals surface area contributed by atoms with Crippen LogP contribution in [0, 0.1) is 5.92 Å². The lowest BCUT2D eigenvalue weighted by Gasteiger charge is -2.10. The first-order valence-electron chi connectivity index (χ1n) is 10.6. The van der Waals surface area contributed by atoms with E-state index in [0.717, 1.165) is 4.88 Å². The van der Waals surface area contributed by atoms with E-state index in [0.29, 0.717) is 36.3 Å². The van der Waals surface area contributed by atoms with Gasteiger partial charge in [-0.3, -0.25) is 9.59 Å². The molecule has 3 rings (SSSR count). The van der Waals surface area contributed by atoms with E-state index in [1.807, 2.05) is 31.4 Å². The summed E-state index contributed by atoms with van der Waals surface area (Å²) < 4.78 is 27.5. The zero-order valence-corrected chi connectivity index (χ0v) is 20.1. The second kappa shape index (κ2) is 11.2. The molecule has 2 amide bonds. The summed E-state index contributed by atoms with van der Waals surface area (Å²) in [5.74, 6) is -0.147. The monoisotopic (exact) mass is 485 g/mol. The van der Waals surface area contributed by atoms with E-state index in [2.05, 4.69) is 15.4 Å². The molecule has 174 valence electrons. The molecule has 0 aliphatic carbocycles. The minimum Gasteiger partial charge on any atom is -0.326 e. The van der Waals surface area contributed by atoms with Crippen LogP contribution in [-0.2, 0) is 21.2 Å². The molecule has 1 heterocycles. The summed E-state index contributed by atoms with van der Waals surface area (Å²) in [5.41, 5.74) is 1.55.